The van der Waals surface area contributed by atoms with Crippen molar-refractivity contribution in [2.75, 3.05) is 12.4 Å². The number of hydrogen-bond acceptors (Lipinski definition) is 2. The van der Waals surface area contributed by atoms with Crippen molar-refractivity contribution in [3.05, 3.63) is 77.6 Å². The van der Waals surface area contributed by atoms with Gasteiger partial charge in [0, 0.05) is 12.6 Å². The monoisotopic (exact) mass is 327 g/mol. The first-order valence-electron chi connectivity index (χ1n) is 9.02. The molecule has 1 unspecified atom stereocenters. The summed E-state index contributed by atoms with van der Waals surface area (Å²) in [4.78, 5) is 0. The number of fused-ring (bicyclic) bond motifs is 5. The summed E-state index contributed by atoms with van der Waals surface area (Å²) in [6, 6.07) is 20.0. The molecule has 25 heavy (non-hydrogen) atoms. The third kappa shape index (κ3) is 2.25. The molecule has 1 aliphatic rings. The summed E-state index contributed by atoms with van der Waals surface area (Å²) in [7, 11) is 1.93. The Bertz CT molecular complexity index is 1080. The summed E-state index contributed by atoms with van der Waals surface area (Å²) in [5.41, 5.74) is 4.34. The molecule has 5 rings (SSSR count). The first kappa shape index (κ1) is 14.6. The average molecular weight is 327 g/mol. The van der Waals surface area contributed by atoms with Gasteiger partial charge in [0.25, 0.3) is 0 Å². The Balaban J connectivity index is 1.67. The second-order valence-corrected chi connectivity index (χ2v) is 6.98. The molecule has 124 valence electrons. The van der Waals surface area contributed by atoms with Crippen LogP contribution in [-0.2, 0) is 12.8 Å². The molecule has 1 heterocycles. The maximum absolute atomic E-state index is 5.59. The van der Waals surface area contributed by atoms with Crippen LogP contribution in [0.15, 0.2) is 65.3 Å². The van der Waals surface area contributed by atoms with E-state index in [4.69, 9.17) is 4.42 Å². The third-order valence-corrected chi connectivity index (χ3v) is 5.71. The Morgan fingerprint density at radius 3 is 2.72 bits per heavy atom. The highest BCUT2D eigenvalue weighted by Gasteiger charge is 2.25. The highest BCUT2D eigenvalue weighted by Crippen LogP contribution is 2.40. The van der Waals surface area contributed by atoms with Gasteiger partial charge in [0.15, 0.2) is 5.88 Å². The van der Waals surface area contributed by atoms with Gasteiger partial charge in [0.1, 0.15) is 0 Å². The SMILES string of the molecule is CNc1occc1C1CCc2ccc3c(ccc4ccccc43)c2C1. The fourth-order valence-electron chi connectivity index (χ4n) is 4.46. The van der Waals surface area contributed by atoms with Crippen molar-refractivity contribution in [1.82, 2.24) is 0 Å². The largest absolute Gasteiger partial charge is 0.449 e. The second-order valence-electron chi connectivity index (χ2n) is 6.98. The van der Waals surface area contributed by atoms with Crippen molar-refractivity contribution in [1.29, 1.82) is 0 Å². The molecule has 0 spiro atoms. The molecule has 4 aromatic rings. The number of benzene rings is 3. The topological polar surface area (TPSA) is 25.2 Å². The van der Waals surface area contributed by atoms with E-state index in [9.17, 15) is 0 Å². The number of anilines is 1. The predicted molar refractivity (Wildman–Crippen MR) is 104 cm³/mol. The van der Waals surface area contributed by atoms with Crippen LogP contribution in [0.3, 0.4) is 0 Å². The number of aryl methyl sites for hydroxylation is 1. The van der Waals surface area contributed by atoms with E-state index in [1.807, 2.05) is 7.05 Å². The van der Waals surface area contributed by atoms with E-state index in [-0.39, 0.29) is 0 Å². The first-order chi connectivity index (χ1) is 12.3. The molecule has 0 radical (unpaired) electrons. The van der Waals surface area contributed by atoms with Gasteiger partial charge >= 0.3 is 0 Å². The van der Waals surface area contributed by atoms with Crippen LogP contribution in [0.4, 0.5) is 5.88 Å². The van der Waals surface area contributed by atoms with Crippen LogP contribution >= 0.6 is 0 Å². The molecule has 1 aliphatic carbocycles. The molecule has 3 aromatic carbocycles. The van der Waals surface area contributed by atoms with Crippen molar-refractivity contribution >= 4 is 27.4 Å². The van der Waals surface area contributed by atoms with Gasteiger partial charge in [-0.2, -0.15) is 0 Å². The lowest BCUT2D eigenvalue weighted by atomic mass is 9.78. The Kier molecular flexibility index (Phi) is 3.30. The van der Waals surface area contributed by atoms with Crippen LogP contribution in [0.5, 0.6) is 0 Å². The van der Waals surface area contributed by atoms with Gasteiger partial charge in [-0.05, 0) is 63.9 Å². The Morgan fingerprint density at radius 1 is 0.920 bits per heavy atom. The van der Waals surface area contributed by atoms with Crippen LogP contribution in [0.2, 0.25) is 0 Å². The molecule has 0 saturated carbocycles. The van der Waals surface area contributed by atoms with Crippen LogP contribution < -0.4 is 5.32 Å². The molecule has 0 fully saturated rings. The van der Waals surface area contributed by atoms with Crippen LogP contribution in [0, 0.1) is 0 Å². The Labute approximate surface area is 147 Å². The lowest BCUT2D eigenvalue weighted by Crippen LogP contribution is -2.13. The zero-order valence-electron chi connectivity index (χ0n) is 14.4. The second kappa shape index (κ2) is 5.66. The van der Waals surface area contributed by atoms with E-state index >= 15 is 0 Å². The molecule has 0 saturated heterocycles. The highest BCUT2D eigenvalue weighted by molar-refractivity contribution is 6.08. The summed E-state index contributed by atoms with van der Waals surface area (Å²) in [5, 5.41) is 8.64. The van der Waals surface area contributed by atoms with E-state index in [2.05, 4.69) is 59.9 Å². The zero-order chi connectivity index (χ0) is 16.8. The minimum atomic E-state index is 0.519. The van der Waals surface area contributed by atoms with Crippen molar-refractivity contribution < 1.29 is 4.42 Å². The summed E-state index contributed by atoms with van der Waals surface area (Å²) in [5.74, 6) is 1.44. The van der Waals surface area contributed by atoms with Crippen molar-refractivity contribution in [2.24, 2.45) is 0 Å². The maximum atomic E-state index is 5.59. The normalized spacial score (nSPS) is 16.9. The maximum Gasteiger partial charge on any atom is 0.195 e. The van der Waals surface area contributed by atoms with E-state index in [1.165, 1.54) is 44.7 Å². The summed E-state index contributed by atoms with van der Waals surface area (Å²) in [6.07, 6.45) is 5.20. The molecule has 1 N–H and O–H groups in total. The molecule has 1 aromatic heterocycles. The quantitative estimate of drug-likeness (QED) is 0.464. The van der Waals surface area contributed by atoms with Gasteiger partial charge < -0.3 is 9.73 Å². The van der Waals surface area contributed by atoms with Crippen molar-refractivity contribution in [2.45, 2.75) is 25.2 Å². The van der Waals surface area contributed by atoms with Crippen molar-refractivity contribution in [3.8, 4) is 0 Å². The Morgan fingerprint density at radius 2 is 1.80 bits per heavy atom. The fourth-order valence-corrected chi connectivity index (χ4v) is 4.46. The van der Waals surface area contributed by atoms with Gasteiger partial charge in [0.05, 0.1) is 6.26 Å². The average Bonchev–Trinajstić information content (AvgIpc) is 3.16. The standard InChI is InChI=1S/C23H21NO/c1-24-23-19(12-13-25-23)17-7-6-16-9-10-20-18-5-3-2-4-15(18)8-11-21(20)22(16)14-17/h2-5,8-13,17,24H,6-7,14H2,1H3. The molecule has 2 heteroatoms. The highest BCUT2D eigenvalue weighted by atomic mass is 16.3. The number of hydrogen-bond donors (Lipinski definition) is 1. The van der Waals surface area contributed by atoms with Crippen molar-refractivity contribution in [3.63, 3.8) is 0 Å². The van der Waals surface area contributed by atoms with E-state index in [0.29, 0.717) is 5.92 Å². The summed E-state index contributed by atoms with van der Waals surface area (Å²) < 4.78 is 5.59. The van der Waals surface area contributed by atoms with Gasteiger partial charge in [-0.3, -0.25) is 0 Å². The molecular weight excluding hydrogens is 306 g/mol. The summed E-state index contributed by atoms with van der Waals surface area (Å²) >= 11 is 0. The molecule has 2 nitrogen and oxygen atoms in total. The fraction of sp³-hybridized carbons (Fsp3) is 0.217. The Hall–Kier alpha value is -2.74. The van der Waals surface area contributed by atoms with Gasteiger partial charge in [-0.1, -0.05) is 48.5 Å². The van der Waals surface area contributed by atoms with E-state index in [0.717, 1.165) is 18.7 Å². The minimum absolute atomic E-state index is 0.519. The molecular formula is C23H21NO. The minimum Gasteiger partial charge on any atom is -0.449 e. The van der Waals surface area contributed by atoms with Crippen LogP contribution in [-0.4, -0.2) is 7.05 Å². The molecule has 0 amide bonds. The van der Waals surface area contributed by atoms with Gasteiger partial charge in [-0.25, -0.2) is 0 Å². The number of furan rings is 1. The van der Waals surface area contributed by atoms with E-state index < -0.39 is 0 Å². The van der Waals surface area contributed by atoms with Gasteiger partial charge in [-0.15, -0.1) is 0 Å². The predicted octanol–water partition coefficient (Wildman–Crippen LogP) is 5.90. The number of nitrogens with one attached hydrogen (secondary N) is 1. The first-order valence-corrected chi connectivity index (χ1v) is 9.02. The lowest BCUT2D eigenvalue weighted by Gasteiger charge is -2.26. The summed E-state index contributed by atoms with van der Waals surface area (Å²) in [6.45, 7) is 0. The molecule has 0 bridgehead atoms. The third-order valence-electron chi connectivity index (χ3n) is 5.71. The zero-order valence-corrected chi connectivity index (χ0v) is 14.4. The molecule has 0 aliphatic heterocycles. The molecule has 1 atom stereocenters. The van der Waals surface area contributed by atoms with Crippen LogP contribution in [0.25, 0.3) is 21.5 Å². The van der Waals surface area contributed by atoms with Gasteiger partial charge in [0.2, 0.25) is 0 Å². The lowest BCUT2D eigenvalue weighted by molar-refractivity contribution is 0.557. The van der Waals surface area contributed by atoms with E-state index in [1.54, 1.807) is 6.26 Å². The van der Waals surface area contributed by atoms with Crippen LogP contribution in [0.1, 0.15) is 29.0 Å². The number of rotatable bonds is 2. The smallest absolute Gasteiger partial charge is 0.195 e.